The summed E-state index contributed by atoms with van der Waals surface area (Å²) in [6.07, 6.45) is 0. The van der Waals surface area contributed by atoms with Crippen molar-refractivity contribution in [3.8, 4) is 0 Å². The summed E-state index contributed by atoms with van der Waals surface area (Å²) in [6, 6.07) is 6.77. The number of aryl methyl sites for hydroxylation is 2. The Kier molecular flexibility index (Phi) is 4.49. The third-order valence-electron chi connectivity index (χ3n) is 2.66. The van der Waals surface area contributed by atoms with Gasteiger partial charge in [-0.1, -0.05) is 11.8 Å². The van der Waals surface area contributed by atoms with Gasteiger partial charge in [-0.3, -0.25) is 4.79 Å². The van der Waals surface area contributed by atoms with E-state index < -0.39 is 11.6 Å². The molecule has 104 valence electrons. The summed E-state index contributed by atoms with van der Waals surface area (Å²) in [4.78, 5) is 16.2. The summed E-state index contributed by atoms with van der Waals surface area (Å²) in [5, 5.41) is 0.721. The molecule has 1 heterocycles. The number of ketones is 1. The summed E-state index contributed by atoms with van der Waals surface area (Å²) >= 11 is 1.24. The highest BCUT2D eigenvalue weighted by Crippen LogP contribution is 2.20. The number of thioether (sulfide) groups is 1. The van der Waals surface area contributed by atoms with Crippen LogP contribution in [0.3, 0.4) is 0 Å². The fraction of sp³-hybridized carbons (Fsp3) is 0.200. The second kappa shape index (κ2) is 6.13. The van der Waals surface area contributed by atoms with Crippen molar-refractivity contribution < 1.29 is 13.6 Å². The normalized spacial score (nSPS) is 10.6. The van der Waals surface area contributed by atoms with Crippen LogP contribution >= 0.6 is 11.8 Å². The highest BCUT2D eigenvalue weighted by molar-refractivity contribution is 7.99. The minimum Gasteiger partial charge on any atom is -0.293 e. The Labute approximate surface area is 120 Å². The number of halogens is 2. The topological polar surface area (TPSA) is 30.0 Å². The number of benzene rings is 1. The first-order chi connectivity index (χ1) is 9.45. The molecule has 0 aliphatic heterocycles. The Morgan fingerprint density at radius 1 is 1.20 bits per heavy atom. The summed E-state index contributed by atoms with van der Waals surface area (Å²) < 4.78 is 26.3. The average Bonchev–Trinajstić information content (AvgIpc) is 2.35. The van der Waals surface area contributed by atoms with E-state index in [1.807, 2.05) is 26.0 Å². The molecule has 0 atom stereocenters. The van der Waals surface area contributed by atoms with Gasteiger partial charge in [-0.2, -0.15) is 0 Å². The van der Waals surface area contributed by atoms with Crippen LogP contribution in [0.5, 0.6) is 0 Å². The molecule has 0 spiro atoms. The van der Waals surface area contributed by atoms with Crippen LogP contribution in [0.2, 0.25) is 0 Å². The van der Waals surface area contributed by atoms with Crippen molar-refractivity contribution in [3.63, 3.8) is 0 Å². The third-order valence-corrected chi connectivity index (χ3v) is 3.57. The molecular formula is C15H13F2NOS. The van der Waals surface area contributed by atoms with Gasteiger partial charge in [-0.05, 0) is 43.7 Å². The zero-order valence-corrected chi connectivity index (χ0v) is 11.9. The monoisotopic (exact) mass is 293 g/mol. The van der Waals surface area contributed by atoms with Crippen molar-refractivity contribution in [2.45, 2.75) is 18.9 Å². The molecule has 0 radical (unpaired) electrons. The Morgan fingerprint density at radius 2 is 1.95 bits per heavy atom. The standard InChI is InChI=1S/C15H13F2NOS/c1-9-5-10(2)18-15(6-9)20-8-14(19)12-4-3-11(16)7-13(12)17/h3-7H,8H2,1-2H3. The Morgan fingerprint density at radius 3 is 2.60 bits per heavy atom. The fourth-order valence-corrected chi connectivity index (χ4v) is 2.72. The van der Waals surface area contributed by atoms with Crippen molar-refractivity contribution in [3.05, 3.63) is 58.8 Å². The molecule has 1 aromatic heterocycles. The molecule has 0 unspecified atom stereocenters. The van der Waals surface area contributed by atoms with E-state index in [4.69, 9.17) is 0 Å². The van der Waals surface area contributed by atoms with Gasteiger partial charge in [0.1, 0.15) is 11.6 Å². The van der Waals surface area contributed by atoms with E-state index in [0.717, 1.165) is 22.3 Å². The van der Waals surface area contributed by atoms with E-state index >= 15 is 0 Å². The molecule has 2 nitrogen and oxygen atoms in total. The lowest BCUT2D eigenvalue weighted by atomic mass is 10.1. The largest absolute Gasteiger partial charge is 0.293 e. The van der Waals surface area contributed by atoms with Crippen LogP contribution in [0.25, 0.3) is 0 Å². The van der Waals surface area contributed by atoms with Crippen LogP contribution in [0, 0.1) is 25.5 Å². The van der Waals surface area contributed by atoms with Crippen molar-refractivity contribution in [1.82, 2.24) is 4.98 Å². The highest BCUT2D eigenvalue weighted by Gasteiger charge is 2.13. The number of nitrogens with zero attached hydrogens (tertiary/aromatic N) is 1. The van der Waals surface area contributed by atoms with Crippen LogP contribution in [-0.4, -0.2) is 16.5 Å². The fourth-order valence-electron chi connectivity index (χ4n) is 1.81. The van der Waals surface area contributed by atoms with Gasteiger partial charge >= 0.3 is 0 Å². The average molecular weight is 293 g/mol. The first kappa shape index (κ1) is 14.7. The first-order valence-corrected chi connectivity index (χ1v) is 7.00. The van der Waals surface area contributed by atoms with Gasteiger partial charge in [0, 0.05) is 11.8 Å². The Balaban J connectivity index is 2.08. The molecule has 2 aromatic rings. The van der Waals surface area contributed by atoms with Crippen molar-refractivity contribution in [1.29, 1.82) is 0 Å². The molecular weight excluding hydrogens is 280 g/mol. The predicted molar refractivity (Wildman–Crippen MR) is 75.1 cm³/mol. The van der Waals surface area contributed by atoms with E-state index in [1.54, 1.807) is 0 Å². The lowest BCUT2D eigenvalue weighted by molar-refractivity contribution is 0.101. The van der Waals surface area contributed by atoms with Crippen LogP contribution in [-0.2, 0) is 0 Å². The zero-order valence-electron chi connectivity index (χ0n) is 11.1. The molecule has 0 saturated heterocycles. The molecule has 0 aliphatic carbocycles. The molecule has 1 aromatic carbocycles. The maximum Gasteiger partial charge on any atom is 0.176 e. The minimum absolute atomic E-state index is 0.0679. The summed E-state index contributed by atoms with van der Waals surface area (Å²) in [5.74, 6) is -1.83. The highest BCUT2D eigenvalue weighted by atomic mass is 32.2. The number of aromatic nitrogens is 1. The van der Waals surface area contributed by atoms with Crippen molar-refractivity contribution in [2.24, 2.45) is 0 Å². The molecule has 2 rings (SSSR count). The summed E-state index contributed by atoms with van der Waals surface area (Å²) in [6.45, 7) is 3.82. The molecule has 0 amide bonds. The van der Waals surface area contributed by atoms with Crippen LogP contribution in [0.15, 0.2) is 35.4 Å². The van der Waals surface area contributed by atoms with Gasteiger partial charge in [-0.25, -0.2) is 13.8 Å². The molecule has 0 aliphatic rings. The van der Waals surface area contributed by atoms with Crippen molar-refractivity contribution in [2.75, 3.05) is 5.75 Å². The molecule has 0 saturated carbocycles. The summed E-state index contributed by atoms with van der Waals surface area (Å²) in [7, 11) is 0. The molecule has 20 heavy (non-hydrogen) atoms. The number of Topliss-reactive ketones (excluding diaryl/α,β-unsaturated/α-hetero) is 1. The maximum atomic E-state index is 13.5. The number of hydrogen-bond donors (Lipinski definition) is 0. The van der Waals surface area contributed by atoms with Crippen LogP contribution in [0.4, 0.5) is 8.78 Å². The first-order valence-electron chi connectivity index (χ1n) is 6.02. The van der Waals surface area contributed by atoms with Gasteiger partial charge in [-0.15, -0.1) is 0 Å². The molecule has 0 bridgehead atoms. The number of carbonyl (C=O) groups is 1. The van der Waals surface area contributed by atoms with E-state index in [0.29, 0.717) is 6.07 Å². The lowest BCUT2D eigenvalue weighted by Crippen LogP contribution is -2.06. The Bertz CT molecular complexity index is 638. The van der Waals surface area contributed by atoms with E-state index in [1.165, 1.54) is 17.8 Å². The smallest absolute Gasteiger partial charge is 0.176 e. The number of rotatable bonds is 4. The van der Waals surface area contributed by atoms with E-state index in [2.05, 4.69) is 4.98 Å². The number of carbonyl (C=O) groups excluding carboxylic acids is 1. The van der Waals surface area contributed by atoms with Crippen molar-refractivity contribution >= 4 is 17.5 Å². The second-order valence-electron chi connectivity index (χ2n) is 4.46. The van der Waals surface area contributed by atoms with Crippen LogP contribution < -0.4 is 0 Å². The quantitative estimate of drug-likeness (QED) is 0.631. The Hall–Kier alpha value is -1.75. The number of hydrogen-bond acceptors (Lipinski definition) is 3. The predicted octanol–water partition coefficient (Wildman–Crippen LogP) is 3.95. The second-order valence-corrected chi connectivity index (χ2v) is 5.46. The number of pyridine rings is 1. The minimum atomic E-state index is -0.830. The van der Waals surface area contributed by atoms with Gasteiger partial charge < -0.3 is 0 Å². The lowest BCUT2D eigenvalue weighted by Gasteiger charge is -2.04. The van der Waals surface area contributed by atoms with E-state index in [9.17, 15) is 13.6 Å². The van der Waals surface area contributed by atoms with Gasteiger partial charge in [0.25, 0.3) is 0 Å². The van der Waals surface area contributed by atoms with Crippen LogP contribution in [0.1, 0.15) is 21.6 Å². The molecule has 5 heteroatoms. The zero-order chi connectivity index (χ0) is 14.7. The molecule has 0 fully saturated rings. The molecule has 0 N–H and O–H groups in total. The van der Waals surface area contributed by atoms with E-state index in [-0.39, 0.29) is 17.1 Å². The maximum absolute atomic E-state index is 13.5. The third kappa shape index (κ3) is 3.63. The van der Waals surface area contributed by atoms with Gasteiger partial charge in [0.05, 0.1) is 16.3 Å². The van der Waals surface area contributed by atoms with Gasteiger partial charge in [0.2, 0.25) is 0 Å². The summed E-state index contributed by atoms with van der Waals surface area (Å²) in [5.41, 5.74) is 1.83. The van der Waals surface area contributed by atoms with Gasteiger partial charge in [0.15, 0.2) is 5.78 Å². The SMILES string of the molecule is Cc1cc(C)nc(SCC(=O)c2ccc(F)cc2F)c1.